The van der Waals surface area contributed by atoms with Crippen LogP contribution in [-0.4, -0.2) is 61.9 Å². The summed E-state index contributed by atoms with van der Waals surface area (Å²) in [5.74, 6) is 1.48. The highest BCUT2D eigenvalue weighted by Gasteiger charge is 2.61. The Hall–Kier alpha value is -1.29. The van der Waals surface area contributed by atoms with Crippen molar-refractivity contribution in [1.29, 1.82) is 0 Å². The van der Waals surface area contributed by atoms with E-state index in [1.807, 2.05) is 20.8 Å². The van der Waals surface area contributed by atoms with Gasteiger partial charge in [0.25, 0.3) is 0 Å². The van der Waals surface area contributed by atoms with E-state index >= 15 is 0 Å². The fraction of sp³-hybridized carbons (Fsp3) is 0.800. The van der Waals surface area contributed by atoms with Crippen LogP contribution in [0, 0.1) is 18.3 Å². The van der Waals surface area contributed by atoms with E-state index < -0.39 is 23.5 Å². The summed E-state index contributed by atoms with van der Waals surface area (Å²) in [5, 5.41) is 0. The minimum absolute atomic E-state index is 0.199. The number of nitrogens with zero attached hydrogens (tertiary/aromatic N) is 1. The third-order valence-electron chi connectivity index (χ3n) is 3.90. The lowest BCUT2D eigenvalue weighted by Crippen LogP contribution is -2.55. The summed E-state index contributed by atoms with van der Waals surface area (Å²) in [5.41, 5.74) is -0.580. The van der Waals surface area contributed by atoms with Crippen molar-refractivity contribution in [2.24, 2.45) is 5.92 Å². The molecule has 0 aromatic rings. The number of carbonyl (C=O) groups excluding carboxylic acids is 1. The van der Waals surface area contributed by atoms with Crippen LogP contribution in [0.15, 0.2) is 0 Å². The lowest BCUT2D eigenvalue weighted by Gasteiger charge is -2.36. The molecule has 0 aromatic heterocycles. The number of hydrogen-bond donors (Lipinski definition) is 0. The second-order valence-electron chi connectivity index (χ2n) is 6.35. The summed E-state index contributed by atoms with van der Waals surface area (Å²) < 4.78 is 22.2. The van der Waals surface area contributed by atoms with E-state index in [1.54, 1.807) is 4.90 Å². The van der Waals surface area contributed by atoms with Gasteiger partial charge in [-0.15, -0.1) is 6.42 Å². The molecule has 2 aliphatic heterocycles. The van der Waals surface area contributed by atoms with Gasteiger partial charge < -0.3 is 18.9 Å². The first-order valence-corrected chi connectivity index (χ1v) is 6.95. The molecule has 0 aliphatic carbocycles. The number of fused-ring (bicyclic) bond motifs is 1. The van der Waals surface area contributed by atoms with E-state index in [9.17, 15) is 4.79 Å². The molecule has 2 rings (SSSR count). The Morgan fingerprint density at radius 1 is 1.38 bits per heavy atom. The van der Waals surface area contributed by atoms with Crippen molar-refractivity contribution in [1.82, 2.24) is 4.90 Å². The van der Waals surface area contributed by atoms with Gasteiger partial charge in [0, 0.05) is 20.8 Å². The predicted molar refractivity (Wildman–Crippen MR) is 75.5 cm³/mol. The maximum Gasteiger partial charge on any atom is 0.410 e. The van der Waals surface area contributed by atoms with E-state index in [4.69, 9.17) is 25.4 Å². The van der Waals surface area contributed by atoms with Gasteiger partial charge in [0.2, 0.25) is 5.79 Å². The average Bonchev–Trinajstić information content (AvgIpc) is 2.94. The van der Waals surface area contributed by atoms with Crippen molar-refractivity contribution in [2.75, 3.05) is 27.4 Å². The number of terminal acetylenes is 1. The summed E-state index contributed by atoms with van der Waals surface area (Å²) in [4.78, 5) is 14.0. The zero-order valence-corrected chi connectivity index (χ0v) is 13.2. The number of amides is 1. The molecule has 0 N–H and O–H groups in total. The molecule has 2 aliphatic rings. The van der Waals surface area contributed by atoms with Crippen LogP contribution in [0.4, 0.5) is 4.79 Å². The van der Waals surface area contributed by atoms with Gasteiger partial charge in [0.05, 0.1) is 12.0 Å². The first kappa shape index (κ1) is 16.1. The minimum atomic E-state index is -1.01. The molecule has 0 saturated carbocycles. The van der Waals surface area contributed by atoms with Gasteiger partial charge in [0.15, 0.2) is 0 Å². The van der Waals surface area contributed by atoms with E-state index in [-0.39, 0.29) is 18.6 Å². The van der Waals surface area contributed by atoms with E-state index in [2.05, 4.69) is 5.92 Å². The number of carbonyl (C=O) groups is 1. The zero-order valence-electron chi connectivity index (χ0n) is 13.2. The van der Waals surface area contributed by atoms with Crippen LogP contribution in [0.25, 0.3) is 0 Å². The van der Waals surface area contributed by atoms with Gasteiger partial charge in [-0.25, -0.2) is 4.79 Å². The lowest BCUT2D eigenvalue weighted by atomic mass is 9.99. The van der Waals surface area contributed by atoms with Gasteiger partial charge in [-0.2, -0.15) is 0 Å². The zero-order chi connectivity index (χ0) is 15.8. The largest absolute Gasteiger partial charge is 0.444 e. The monoisotopic (exact) mass is 297 g/mol. The highest BCUT2D eigenvalue weighted by Crippen LogP contribution is 2.41. The van der Waals surface area contributed by atoms with Gasteiger partial charge in [-0.05, 0) is 20.8 Å². The standard InChI is InChI=1S/C15H23NO5/c1-7-10-8-16(13(17)21-14(2,3)4)12-11(10)20-9-15(12,18-5)19-6/h1,10-12H,8-9H2,2-6H3/t10?,11-,12+/m1/s1. The summed E-state index contributed by atoms with van der Waals surface area (Å²) in [6.07, 6.45) is 4.83. The SMILES string of the molecule is C#CC1CN(C(=O)OC(C)(C)C)[C@H]2[C@@H]1OCC2(OC)OC. The molecular formula is C15H23NO5. The van der Waals surface area contributed by atoms with Crippen LogP contribution in [0.2, 0.25) is 0 Å². The molecule has 0 radical (unpaired) electrons. The van der Waals surface area contributed by atoms with Crippen molar-refractivity contribution in [2.45, 2.75) is 44.3 Å². The Morgan fingerprint density at radius 3 is 2.48 bits per heavy atom. The summed E-state index contributed by atoms with van der Waals surface area (Å²) in [6.45, 7) is 6.06. The normalized spacial score (nSPS) is 30.9. The Labute approximate surface area is 125 Å². The van der Waals surface area contributed by atoms with Gasteiger partial charge >= 0.3 is 6.09 Å². The van der Waals surface area contributed by atoms with Crippen LogP contribution in [0.5, 0.6) is 0 Å². The number of rotatable bonds is 2. The second-order valence-corrected chi connectivity index (χ2v) is 6.35. The van der Waals surface area contributed by atoms with E-state index in [1.165, 1.54) is 14.2 Å². The Bertz CT molecular complexity index is 446. The van der Waals surface area contributed by atoms with Crippen molar-refractivity contribution in [3.63, 3.8) is 0 Å². The second kappa shape index (κ2) is 5.48. The molecule has 2 fully saturated rings. The Balaban J connectivity index is 2.29. The molecule has 1 unspecified atom stereocenters. The van der Waals surface area contributed by atoms with Crippen molar-refractivity contribution in [3.05, 3.63) is 0 Å². The third-order valence-corrected chi connectivity index (χ3v) is 3.90. The molecule has 3 atom stereocenters. The van der Waals surface area contributed by atoms with Crippen molar-refractivity contribution >= 4 is 6.09 Å². The Morgan fingerprint density at radius 2 is 2.00 bits per heavy atom. The third kappa shape index (κ3) is 2.73. The Kier molecular flexibility index (Phi) is 4.20. The highest BCUT2D eigenvalue weighted by atomic mass is 16.7. The molecule has 21 heavy (non-hydrogen) atoms. The number of ether oxygens (including phenoxy) is 4. The van der Waals surface area contributed by atoms with Gasteiger partial charge in [-0.1, -0.05) is 5.92 Å². The minimum Gasteiger partial charge on any atom is -0.444 e. The first-order valence-electron chi connectivity index (χ1n) is 6.95. The van der Waals surface area contributed by atoms with Crippen molar-refractivity contribution < 1.29 is 23.7 Å². The smallest absolute Gasteiger partial charge is 0.410 e. The number of likely N-dealkylation sites (tertiary alicyclic amines) is 1. The van der Waals surface area contributed by atoms with Crippen LogP contribution in [0.1, 0.15) is 20.8 Å². The quantitative estimate of drug-likeness (QED) is 0.567. The predicted octanol–water partition coefficient (Wildman–Crippen LogP) is 1.24. The summed E-state index contributed by atoms with van der Waals surface area (Å²) >= 11 is 0. The lowest BCUT2D eigenvalue weighted by molar-refractivity contribution is -0.224. The molecule has 0 bridgehead atoms. The van der Waals surface area contributed by atoms with E-state index in [0.717, 1.165) is 0 Å². The van der Waals surface area contributed by atoms with Gasteiger partial charge in [-0.3, -0.25) is 4.90 Å². The summed E-state index contributed by atoms with van der Waals surface area (Å²) in [7, 11) is 3.07. The summed E-state index contributed by atoms with van der Waals surface area (Å²) in [6, 6.07) is -0.414. The molecule has 2 heterocycles. The van der Waals surface area contributed by atoms with Gasteiger partial charge in [0.1, 0.15) is 18.2 Å². The topological polar surface area (TPSA) is 57.2 Å². The number of methoxy groups -OCH3 is 2. The van der Waals surface area contributed by atoms with Crippen LogP contribution < -0.4 is 0 Å². The van der Waals surface area contributed by atoms with Crippen LogP contribution in [-0.2, 0) is 18.9 Å². The van der Waals surface area contributed by atoms with E-state index in [0.29, 0.717) is 6.54 Å². The van der Waals surface area contributed by atoms with Crippen molar-refractivity contribution in [3.8, 4) is 12.3 Å². The molecular weight excluding hydrogens is 274 g/mol. The fourth-order valence-corrected chi connectivity index (χ4v) is 2.92. The van der Waals surface area contributed by atoms with Crippen LogP contribution in [0.3, 0.4) is 0 Å². The maximum atomic E-state index is 12.5. The molecule has 1 amide bonds. The molecule has 6 nitrogen and oxygen atoms in total. The highest BCUT2D eigenvalue weighted by molar-refractivity contribution is 5.69. The first-order chi connectivity index (χ1) is 9.78. The molecule has 0 spiro atoms. The molecule has 0 aromatic carbocycles. The fourth-order valence-electron chi connectivity index (χ4n) is 2.92. The molecule has 6 heteroatoms. The average molecular weight is 297 g/mol. The molecule has 2 saturated heterocycles. The van der Waals surface area contributed by atoms with Crippen LogP contribution >= 0.6 is 0 Å². The molecule has 118 valence electrons. The maximum absolute atomic E-state index is 12.5. The number of hydrogen-bond acceptors (Lipinski definition) is 5.